The van der Waals surface area contributed by atoms with Gasteiger partial charge in [-0.2, -0.15) is 0 Å². The quantitative estimate of drug-likeness (QED) is 0.521. The van der Waals surface area contributed by atoms with Crippen LogP contribution in [0.15, 0.2) is 53.7 Å². The fourth-order valence-corrected chi connectivity index (χ4v) is 4.44. The van der Waals surface area contributed by atoms with Crippen molar-refractivity contribution in [3.63, 3.8) is 0 Å². The second kappa shape index (κ2) is 7.44. The maximum absolute atomic E-state index is 13.2. The lowest BCUT2D eigenvalue weighted by molar-refractivity contribution is -0.384. The van der Waals surface area contributed by atoms with Crippen molar-refractivity contribution in [3.05, 3.63) is 80.0 Å². The van der Waals surface area contributed by atoms with E-state index in [1.165, 1.54) is 23.1 Å². The molecule has 1 atom stereocenters. The minimum atomic E-state index is -0.531. The van der Waals surface area contributed by atoms with E-state index in [-0.39, 0.29) is 35.4 Å². The van der Waals surface area contributed by atoms with Gasteiger partial charge in [0.2, 0.25) is 5.91 Å². The molecular weight excluding hydrogens is 392 g/mol. The number of nitro groups is 1. The van der Waals surface area contributed by atoms with Gasteiger partial charge in [0.25, 0.3) is 5.69 Å². The number of halogens is 1. The smallest absolute Gasteiger partial charge is 0.293 e. The molecule has 0 fully saturated rings. The van der Waals surface area contributed by atoms with Crippen LogP contribution in [-0.4, -0.2) is 16.6 Å². The number of nitro benzene ring substituents is 1. The average molecular weight is 411 g/mol. The molecule has 1 aliphatic heterocycles. The number of aryl methyl sites for hydroxylation is 1. The zero-order chi connectivity index (χ0) is 20.7. The topological polar surface area (TPSA) is 80.5 Å². The van der Waals surface area contributed by atoms with Crippen molar-refractivity contribution in [2.45, 2.75) is 38.5 Å². The number of nitrogens with zero attached hydrogens (tertiary/aromatic N) is 2. The molecule has 1 unspecified atom stereocenters. The Labute approximate surface area is 172 Å². The van der Waals surface area contributed by atoms with Gasteiger partial charge in [-0.1, -0.05) is 41.4 Å². The largest absolute Gasteiger partial charge is 0.294 e. The van der Waals surface area contributed by atoms with Crippen LogP contribution in [0, 0.1) is 17.0 Å². The van der Waals surface area contributed by atoms with Gasteiger partial charge in [0.15, 0.2) is 5.78 Å². The molecule has 0 spiro atoms. The molecule has 1 aliphatic carbocycles. The van der Waals surface area contributed by atoms with Gasteiger partial charge in [-0.05, 0) is 37.5 Å². The summed E-state index contributed by atoms with van der Waals surface area (Å²) in [5.74, 6) is -0.602. The highest BCUT2D eigenvalue weighted by Crippen LogP contribution is 2.45. The highest BCUT2D eigenvalue weighted by Gasteiger charge is 2.41. The molecule has 2 aromatic rings. The molecule has 4 rings (SSSR count). The number of ketones is 1. The van der Waals surface area contributed by atoms with Gasteiger partial charge in [-0.25, -0.2) is 0 Å². The molecule has 2 aromatic carbocycles. The molecule has 29 heavy (non-hydrogen) atoms. The van der Waals surface area contributed by atoms with Crippen molar-refractivity contribution in [1.82, 2.24) is 0 Å². The molecule has 0 aromatic heterocycles. The Hall–Kier alpha value is -2.99. The van der Waals surface area contributed by atoms with Crippen molar-refractivity contribution in [2.24, 2.45) is 0 Å². The first kappa shape index (κ1) is 19.3. The van der Waals surface area contributed by atoms with E-state index in [0.29, 0.717) is 35.6 Å². The van der Waals surface area contributed by atoms with E-state index in [2.05, 4.69) is 0 Å². The summed E-state index contributed by atoms with van der Waals surface area (Å²) in [6, 6.07) is 11.9. The van der Waals surface area contributed by atoms with Crippen LogP contribution in [0.3, 0.4) is 0 Å². The molecule has 0 saturated heterocycles. The highest BCUT2D eigenvalue weighted by molar-refractivity contribution is 6.31. The van der Waals surface area contributed by atoms with E-state index in [1.54, 1.807) is 0 Å². The standard InChI is InChI=1S/C22H19ClN2O4/c1-13-4-2-5-14(10-13)16-12-21(27)24(18-6-3-7-20(26)22(16)18)19-11-15(23)8-9-17(19)25(28)29/h2,4-5,8-11,16H,3,6-7,12H2,1H3. The predicted octanol–water partition coefficient (Wildman–Crippen LogP) is 5.08. The zero-order valence-corrected chi connectivity index (χ0v) is 16.6. The summed E-state index contributed by atoms with van der Waals surface area (Å²) in [5.41, 5.74) is 3.04. The number of benzene rings is 2. The SMILES string of the molecule is Cc1cccc(C2CC(=O)N(c3cc(Cl)ccc3[N+](=O)[O-])C3=C2C(=O)CCC3)c1. The minimum Gasteiger partial charge on any atom is -0.294 e. The van der Waals surface area contributed by atoms with Crippen LogP contribution in [0.25, 0.3) is 0 Å². The van der Waals surface area contributed by atoms with Crippen molar-refractivity contribution in [2.75, 3.05) is 4.90 Å². The number of rotatable bonds is 3. The monoisotopic (exact) mass is 410 g/mol. The normalized spacial score (nSPS) is 19.4. The third-order valence-corrected chi connectivity index (χ3v) is 5.73. The molecule has 1 heterocycles. The fourth-order valence-electron chi connectivity index (χ4n) is 4.27. The van der Waals surface area contributed by atoms with E-state index >= 15 is 0 Å². The first-order valence-electron chi connectivity index (χ1n) is 9.46. The maximum Gasteiger partial charge on any atom is 0.293 e. The van der Waals surface area contributed by atoms with Crippen LogP contribution in [0.1, 0.15) is 42.7 Å². The first-order valence-corrected chi connectivity index (χ1v) is 9.84. The lowest BCUT2D eigenvalue weighted by Crippen LogP contribution is -2.40. The number of carbonyl (C=O) groups is 2. The summed E-state index contributed by atoms with van der Waals surface area (Å²) in [6.45, 7) is 1.97. The van der Waals surface area contributed by atoms with Gasteiger partial charge < -0.3 is 0 Å². The molecule has 6 nitrogen and oxygen atoms in total. The molecule has 7 heteroatoms. The Kier molecular flexibility index (Phi) is 4.96. The predicted molar refractivity (Wildman–Crippen MR) is 110 cm³/mol. The number of anilines is 1. The summed E-state index contributed by atoms with van der Waals surface area (Å²) < 4.78 is 0. The number of carbonyl (C=O) groups excluding carboxylic acids is 2. The average Bonchev–Trinajstić information content (AvgIpc) is 2.67. The number of Topliss-reactive ketones (excluding diaryl/α,β-unsaturated/α-hetero) is 1. The number of amides is 1. The van der Waals surface area contributed by atoms with E-state index < -0.39 is 4.92 Å². The van der Waals surface area contributed by atoms with Crippen LogP contribution in [0.5, 0.6) is 0 Å². The number of hydrogen-bond acceptors (Lipinski definition) is 4. The Morgan fingerprint density at radius 2 is 1.93 bits per heavy atom. The molecule has 1 amide bonds. The fraction of sp³-hybridized carbons (Fsp3) is 0.273. The summed E-state index contributed by atoms with van der Waals surface area (Å²) >= 11 is 6.09. The van der Waals surface area contributed by atoms with E-state index in [9.17, 15) is 19.7 Å². The zero-order valence-electron chi connectivity index (χ0n) is 15.9. The molecule has 0 N–H and O–H groups in total. The van der Waals surface area contributed by atoms with Crippen molar-refractivity contribution in [3.8, 4) is 0 Å². The summed E-state index contributed by atoms with van der Waals surface area (Å²) in [4.78, 5) is 38.5. The van der Waals surface area contributed by atoms with Gasteiger partial charge in [-0.15, -0.1) is 0 Å². The van der Waals surface area contributed by atoms with Crippen LogP contribution in [-0.2, 0) is 9.59 Å². The van der Waals surface area contributed by atoms with Crippen LogP contribution < -0.4 is 4.90 Å². The van der Waals surface area contributed by atoms with Crippen molar-refractivity contribution < 1.29 is 14.5 Å². The first-order chi connectivity index (χ1) is 13.9. The Morgan fingerprint density at radius 3 is 2.66 bits per heavy atom. The lowest BCUT2D eigenvalue weighted by atomic mass is 9.77. The van der Waals surface area contributed by atoms with Gasteiger partial charge in [0, 0.05) is 41.1 Å². The van der Waals surface area contributed by atoms with Crippen molar-refractivity contribution >= 4 is 34.7 Å². The van der Waals surface area contributed by atoms with E-state index in [0.717, 1.165) is 11.1 Å². The third-order valence-electron chi connectivity index (χ3n) is 5.49. The molecule has 2 aliphatic rings. The van der Waals surface area contributed by atoms with Crippen LogP contribution in [0.4, 0.5) is 11.4 Å². The van der Waals surface area contributed by atoms with Crippen molar-refractivity contribution in [1.29, 1.82) is 0 Å². The van der Waals surface area contributed by atoms with Gasteiger partial charge in [0.05, 0.1) is 4.92 Å². The summed E-state index contributed by atoms with van der Waals surface area (Å²) in [6.07, 6.45) is 1.62. The number of hydrogen-bond donors (Lipinski definition) is 0. The maximum atomic E-state index is 13.2. The molecule has 148 valence electrons. The van der Waals surface area contributed by atoms with Gasteiger partial charge in [0.1, 0.15) is 5.69 Å². The summed E-state index contributed by atoms with van der Waals surface area (Å²) in [7, 11) is 0. The highest BCUT2D eigenvalue weighted by atomic mass is 35.5. The lowest BCUT2D eigenvalue weighted by Gasteiger charge is -2.38. The second-order valence-electron chi connectivity index (χ2n) is 7.43. The summed E-state index contributed by atoms with van der Waals surface area (Å²) in [5, 5.41) is 11.9. The molecule has 0 radical (unpaired) electrons. The van der Waals surface area contributed by atoms with Gasteiger partial charge >= 0.3 is 0 Å². The molecular formula is C22H19ClN2O4. The molecule has 0 bridgehead atoms. The van der Waals surface area contributed by atoms with Crippen LogP contribution in [0.2, 0.25) is 5.02 Å². The van der Waals surface area contributed by atoms with Gasteiger partial charge in [-0.3, -0.25) is 24.6 Å². The van der Waals surface area contributed by atoms with E-state index in [1.807, 2.05) is 31.2 Å². The Balaban J connectivity index is 1.92. The number of allylic oxidation sites excluding steroid dienone is 2. The Morgan fingerprint density at radius 1 is 1.14 bits per heavy atom. The van der Waals surface area contributed by atoms with E-state index in [4.69, 9.17) is 11.6 Å². The van der Waals surface area contributed by atoms with Crippen LogP contribution >= 0.6 is 11.6 Å². The third kappa shape index (κ3) is 3.44. The second-order valence-corrected chi connectivity index (χ2v) is 7.86. The Bertz CT molecular complexity index is 1080. The minimum absolute atomic E-state index is 0.0000581. The molecule has 0 saturated carbocycles.